The van der Waals surface area contributed by atoms with Crippen LogP contribution in [0, 0.1) is 0 Å². The molecule has 0 aliphatic carbocycles. The summed E-state index contributed by atoms with van der Waals surface area (Å²) in [6.07, 6.45) is 1.25. The highest BCUT2D eigenvalue weighted by atomic mass is 35.5. The number of thiophene rings is 1. The van der Waals surface area contributed by atoms with E-state index in [2.05, 4.69) is 21.7 Å². The number of anilines is 1. The lowest BCUT2D eigenvalue weighted by molar-refractivity contribution is -0.133. The minimum Gasteiger partial charge on any atom is -0.338 e. The van der Waals surface area contributed by atoms with Crippen molar-refractivity contribution in [3.8, 4) is 11.3 Å². The van der Waals surface area contributed by atoms with E-state index in [1.54, 1.807) is 17.4 Å². The maximum absolute atomic E-state index is 12.4. The predicted molar refractivity (Wildman–Crippen MR) is 114 cm³/mol. The van der Waals surface area contributed by atoms with Gasteiger partial charge in [0.15, 0.2) is 5.13 Å². The first-order valence-electron chi connectivity index (χ1n) is 8.93. The largest absolute Gasteiger partial charge is 0.338 e. The fourth-order valence-electron chi connectivity index (χ4n) is 3.15. The van der Waals surface area contributed by atoms with E-state index in [1.807, 2.05) is 28.5 Å². The smallest absolute Gasteiger partial charge is 0.226 e. The lowest BCUT2D eigenvalue weighted by Gasteiger charge is -2.27. The lowest BCUT2D eigenvalue weighted by Crippen LogP contribution is -2.35. The standard InChI is InChI=1S/C20H18ClN3O2S2/c21-15-4-2-1-3-14(15)16-12-28-20(22-16)23-18(25)5-6-19(26)24-9-7-17-13(11-24)8-10-27-17/h1-4,8,10,12H,5-7,9,11H2,(H,22,23,25). The SMILES string of the molecule is O=C(CCC(=O)N1CCc2sccc2C1)Nc1nc(-c2ccccc2Cl)cs1. The molecule has 0 spiro atoms. The number of carbonyl (C=O) groups is 2. The van der Waals surface area contributed by atoms with Gasteiger partial charge in [-0.2, -0.15) is 0 Å². The van der Waals surface area contributed by atoms with Crippen LogP contribution < -0.4 is 5.32 Å². The summed E-state index contributed by atoms with van der Waals surface area (Å²) in [7, 11) is 0. The van der Waals surface area contributed by atoms with Gasteiger partial charge in [-0.15, -0.1) is 22.7 Å². The van der Waals surface area contributed by atoms with Crippen LogP contribution in [0.25, 0.3) is 11.3 Å². The molecule has 2 aromatic heterocycles. The van der Waals surface area contributed by atoms with Gasteiger partial charge < -0.3 is 10.2 Å². The molecular weight excluding hydrogens is 414 g/mol. The van der Waals surface area contributed by atoms with Gasteiger partial charge in [0.2, 0.25) is 11.8 Å². The van der Waals surface area contributed by atoms with Crippen LogP contribution in [0.4, 0.5) is 5.13 Å². The Labute approximate surface area is 176 Å². The minimum absolute atomic E-state index is 0.0166. The average molecular weight is 432 g/mol. The van der Waals surface area contributed by atoms with Gasteiger partial charge >= 0.3 is 0 Å². The van der Waals surface area contributed by atoms with Gasteiger partial charge in [-0.1, -0.05) is 29.8 Å². The van der Waals surface area contributed by atoms with E-state index in [-0.39, 0.29) is 24.7 Å². The molecular formula is C20H18ClN3O2S2. The molecule has 0 atom stereocenters. The van der Waals surface area contributed by atoms with Crippen LogP contribution in [0.15, 0.2) is 41.1 Å². The van der Waals surface area contributed by atoms with Gasteiger partial charge in [0.25, 0.3) is 0 Å². The number of rotatable bonds is 5. The van der Waals surface area contributed by atoms with Crippen molar-refractivity contribution in [2.24, 2.45) is 0 Å². The molecule has 0 unspecified atom stereocenters. The number of nitrogens with one attached hydrogen (secondary N) is 1. The van der Waals surface area contributed by atoms with Crippen LogP contribution in [0.1, 0.15) is 23.3 Å². The summed E-state index contributed by atoms with van der Waals surface area (Å²) in [5, 5.41) is 7.82. The van der Waals surface area contributed by atoms with Gasteiger partial charge in [-0.05, 0) is 29.5 Å². The summed E-state index contributed by atoms with van der Waals surface area (Å²) < 4.78 is 0. The molecule has 0 saturated heterocycles. The van der Waals surface area contributed by atoms with Gasteiger partial charge in [0, 0.05) is 46.8 Å². The highest BCUT2D eigenvalue weighted by Crippen LogP contribution is 2.30. The fraction of sp³-hybridized carbons (Fsp3) is 0.250. The van der Waals surface area contributed by atoms with Crippen molar-refractivity contribution >= 4 is 51.2 Å². The van der Waals surface area contributed by atoms with Crippen molar-refractivity contribution in [2.45, 2.75) is 25.8 Å². The molecule has 0 saturated carbocycles. The van der Waals surface area contributed by atoms with Crippen molar-refractivity contribution in [2.75, 3.05) is 11.9 Å². The number of aromatic nitrogens is 1. The number of carbonyl (C=O) groups excluding carboxylic acids is 2. The van der Waals surface area contributed by atoms with Crippen molar-refractivity contribution in [1.29, 1.82) is 0 Å². The quantitative estimate of drug-likeness (QED) is 0.629. The second-order valence-electron chi connectivity index (χ2n) is 6.50. The molecule has 3 aromatic rings. The van der Waals surface area contributed by atoms with E-state index in [0.29, 0.717) is 16.7 Å². The van der Waals surface area contributed by atoms with E-state index < -0.39 is 0 Å². The minimum atomic E-state index is -0.207. The highest BCUT2D eigenvalue weighted by Gasteiger charge is 2.22. The molecule has 28 heavy (non-hydrogen) atoms. The molecule has 4 rings (SSSR count). The fourth-order valence-corrected chi connectivity index (χ4v) is 4.99. The van der Waals surface area contributed by atoms with E-state index in [9.17, 15) is 9.59 Å². The number of halogens is 1. The zero-order valence-corrected chi connectivity index (χ0v) is 17.4. The second-order valence-corrected chi connectivity index (χ2v) is 8.77. The molecule has 3 heterocycles. The van der Waals surface area contributed by atoms with Crippen molar-refractivity contribution in [1.82, 2.24) is 9.88 Å². The molecule has 1 aliphatic rings. The summed E-state index contributed by atoms with van der Waals surface area (Å²) in [5.41, 5.74) is 2.78. The van der Waals surface area contributed by atoms with Gasteiger partial charge in [-0.3, -0.25) is 9.59 Å². The normalized spacial score (nSPS) is 13.2. The maximum Gasteiger partial charge on any atom is 0.226 e. The van der Waals surface area contributed by atoms with Gasteiger partial charge in [-0.25, -0.2) is 4.98 Å². The molecule has 144 valence electrons. The molecule has 1 N–H and O–H groups in total. The van der Waals surface area contributed by atoms with Crippen molar-refractivity contribution < 1.29 is 9.59 Å². The Kier molecular flexibility index (Phi) is 5.75. The molecule has 0 radical (unpaired) electrons. The molecule has 0 bridgehead atoms. The Balaban J connectivity index is 1.29. The Morgan fingerprint density at radius 2 is 2.04 bits per heavy atom. The first-order valence-corrected chi connectivity index (χ1v) is 11.1. The van der Waals surface area contributed by atoms with Crippen molar-refractivity contribution in [3.63, 3.8) is 0 Å². The topological polar surface area (TPSA) is 62.3 Å². The van der Waals surface area contributed by atoms with Gasteiger partial charge in [0.1, 0.15) is 0 Å². The molecule has 8 heteroatoms. The Morgan fingerprint density at radius 3 is 2.89 bits per heavy atom. The summed E-state index contributed by atoms with van der Waals surface area (Å²) >= 11 is 9.28. The number of hydrogen-bond acceptors (Lipinski definition) is 5. The molecule has 0 fully saturated rings. The average Bonchev–Trinajstić information content (AvgIpc) is 3.35. The first kappa shape index (κ1) is 19.1. The number of benzene rings is 1. The number of hydrogen-bond donors (Lipinski definition) is 1. The van der Waals surface area contributed by atoms with Crippen LogP contribution >= 0.6 is 34.3 Å². The molecule has 2 amide bonds. The third-order valence-corrected chi connectivity index (χ3v) is 6.74. The van der Waals surface area contributed by atoms with E-state index >= 15 is 0 Å². The number of amides is 2. The molecule has 1 aromatic carbocycles. The van der Waals surface area contributed by atoms with Crippen LogP contribution in [0.5, 0.6) is 0 Å². The third-order valence-electron chi connectivity index (χ3n) is 4.63. The second kappa shape index (κ2) is 8.43. The van der Waals surface area contributed by atoms with E-state index in [0.717, 1.165) is 24.2 Å². The summed E-state index contributed by atoms with van der Waals surface area (Å²) in [4.78, 5) is 32.3. The van der Waals surface area contributed by atoms with Crippen LogP contribution in [0.2, 0.25) is 5.02 Å². The Morgan fingerprint density at radius 1 is 1.18 bits per heavy atom. The molecule has 1 aliphatic heterocycles. The summed E-state index contributed by atoms with van der Waals surface area (Å²) in [6.45, 7) is 1.37. The Hall–Kier alpha value is -2.22. The zero-order chi connectivity index (χ0) is 19.5. The first-order chi connectivity index (χ1) is 13.6. The number of thiazole rings is 1. The highest BCUT2D eigenvalue weighted by molar-refractivity contribution is 7.14. The van der Waals surface area contributed by atoms with Crippen LogP contribution in [0.3, 0.4) is 0 Å². The number of nitrogens with zero attached hydrogens (tertiary/aromatic N) is 2. The lowest BCUT2D eigenvalue weighted by atomic mass is 10.1. The Bertz CT molecular complexity index is 1010. The predicted octanol–water partition coefficient (Wildman–Crippen LogP) is 4.83. The van der Waals surface area contributed by atoms with Crippen LogP contribution in [-0.4, -0.2) is 28.2 Å². The zero-order valence-electron chi connectivity index (χ0n) is 15.0. The van der Waals surface area contributed by atoms with E-state index in [1.165, 1.54) is 21.8 Å². The van der Waals surface area contributed by atoms with Crippen LogP contribution in [-0.2, 0) is 22.6 Å². The number of fused-ring (bicyclic) bond motifs is 1. The molecule has 5 nitrogen and oxygen atoms in total. The van der Waals surface area contributed by atoms with Gasteiger partial charge in [0.05, 0.1) is 5.69 Å². The maximum atomic E-state index is 12.4. The third kappa shape index (κ3) is 4.27. The monoisotopic (exact) mass is 431 g/mol. The summed E-state index contributed by atoms with van der Waals surface area (Å²) in [5.74, 6) is -0.190. The summed E-state index contributed by atoms with van der Waals surface area (Å²) in [6, 6.07) is 9.52. The van der Waals surface area contributed by atoms with E-state index in [4.69, 9.17) is 11.6 Å². The van der Waals surface area contributed by atoms with Crippen molar-refractivity contribution in [3.05, 3.63) is 56.6 Å².